The molecule has 1 unspecified atom stereocenters. The Morgan fingerprint density at radius 1 is 1.29 bits per heavy atom. The molecule has 0 fully saturated rings. The van der Waals surface area contributed by atoms with Crippen LogP contribution in [0.3, 0.4) is 0 Å². The van der Waals surface area contributed by atoms with Gasteiger partial charge in [-0.3, -0.25) is 4.79 Å². The molecule has 0 radical (unpaired) electrons. The highest BCUT2D eigenvalue weighted by Crippen LogP contribution is 2.21. The fourth-order valence-electron chi connectivity index (χ4n) is 1.47. The normalized spacial score (nSPS) is 11.3. The summed E-state index contributed by atoms with van der Waals surface area (Å²) < 4.78 is 5.59. The van der Waals surface area contributed by atoms with Gasteiger partial charge in [0, 0.05) is 0 Å². The van der Waals surface area contributed by atoms with E-state index in [1.165, 1.54) is 6.20 Å². The van der Waals surface area contributed by atoms with Gasteiger partial charge in [-0.05, 0) is 43.3 Å². The number of carbonyl (C=O) groups excluding carboxylic acids is 1. The summed E-state index contributed by atoms with van der Waals surface area (Å²) in [5.41, 5.74) is 0.572. The van der Waals surface area contributed by atoms with E-state index in [-0.39, 0.29) is 10.7 Å². The molecule has 1 N–H and O–H groups in total. The van der Waals surface area contributed by atoms with Crippen LogP contribution in [0, 0.1) is 11.3 Å². The SMILES string of the molecule is CC(Br)C(=O)Nc1ccc(Oc2ccc(C#N)cc2)cn1. The van der Waals surface area contributed by atoms with E-state index in [2.05, 4.69) is 26.2 Å². The summed E-state index contributed by atoms with van der Waals surface area (Å²) in [6.45, 7) is 1.73. The molecular weight excluding hydrogens is 334 g/mol. The highest BCUT2D eigenvalue weighted by atomic mass is 79.9. The van der Waals surface area contributed by atoms with Crippen molar-refractivity contribution in [1.82, 2.24) is 4.98 Å². The molecule has 2 rings (SSSR count). The lowest BCUT2D eigenvalue weighted by atomic mass is 10.2. The number of benzene rings is 1. The highest BCUT2D eigenvalue weighted by molar-refractivity contribution is 9.10. The number of hydrogen-bond donors (Lipinski definition) is 1. The largest absolute Gasteiger partial charge is 0.456 e. The first kappa shape index (κ1) is 15.0. The Morgan fingerprint density at radius 3 is 2.48 bits per heavy atom. The third kappa shape index (κ3) is 4.29. The number of pyridine rings is 1. The third-order valence-corrected chi connectivity index (χ3v) is 2.98. The van der Waals surface area contributed by atoms with Gasteiger partial charge in [-0.2, -0.15) is 5.26 Å². The van der Waals surface area contributed by atoms with Gasteiger partial charge in [0.1, 0.15) is 17.3 Å². The second-order valence-electron chi connectivity index (χ2n) is 4.22. The standard InChI is InChI=1S/C15H12BrN3O2/c1-10(16)15(20)19-14-7-6-13(9-18-14)21-12-4-2-11(8-17)3-5-12/h2-7,9-10H,1H3,(H,18,19,20). The Morgan fingerprint density at radius 2 is 1.95 bits per heavy atom. The number of ether oxygens (including phenoxy) is 1. The highest BCUT2D eigenvalue weighted by Gasteiger charge is 2.09. The van der Waals surface area contributed by atoms with Gasteiger partial charge in [-0.1, -0.05) is 15.9 Å². The van der Waals surface area contributed by atoms with Gasteiger partial charge < -0.3 is 10.1 Å². The Bertz CT molecular complexity index is 661. The zero-order chi connectivity index (χ0) is 15.2. The first-order valence-corrected chi connectivity index (χ1v) is 7.09. The molecule has 106 valence electrons. The maximum absolute atomic E-state index is 11.5. The molecule has 0 aliphatic rings. The summed E-state index contributed by atoms with van der Waals surface area (Å²) in [4.78, 5) is 15.3. The molecule has 1 amide bonds. The van der Waals surface area contributed by atoms with Crippen LogP contribution in [0.1, 0.15) is 12.5 Å². The van der Waals surface area contributed by atoms with Gasteiger partial charge in [-0.15, -0.1) is 0 Å². The molecule has 6 heteroatoms. The minimum Gasteiger partial charge on any atom is -0.456 e. The number of amides is 1. The van der Waals surface area contributed by atoms with Gasteiger partial charge in [0.2, 0.25) is 5.91 Å². The Hall–Kier alpha value is -2.39. The molecule has 0 aliphatic carbocycles. The van der Waals surface area contributed by atoms with Crippen LogP contribution in [-0.4, -0.2) is 15.7 Å². The van der Waals surface area contributed by atoms with Crippen molar-refractivity contribution in [2.45, 2.75) is 11.8 Å². The van der Waals surface area contributed by atoms with E-state index in [1.807, 2.05) is 6.07 Å². The number of carbonyl (C=O) groups is 1. The molecule has 0 saturated heterocycles. The second kappa shape index (κ2) is 6.86. The van der Waals surface area contributed by atoms with Gasteiger partial charge in [-0.25, -0.2) is 4.98 Å². The van der Waals surface area contributed by atoms with Crippen molar-refractivity contribution in [3.05, 3.63) is 48.2 Å². The van der Waals surface area contributed by atoms with Crippen molar-refractivity contribution in [1.29, 1.82) is 5.26 Å². The molecule has 1 atom stereocenters. The number of aromatic nitrogens is 1. The summed E-state index contributed by atoms with van der Waals surface area (Å²) in [7, 11) is 0. The molecule has 1 heterocycles. The van der Waals surface area contributed by atoms with Crippen LogP contribution in [0.2, 0.25) is 0 Å². The number of halogens is 1. The van der Waals surface area contributed by atoms with Crippen molar-refractivity contribution in [3.8, 4) is 17.6 Å². The van der Waals surface area contributed by atoms with Crippen LogP contribution in [0.15, 0.2) is 42.6 Å². The minimum absolute atomic E-state index is 0.164. The molecule has 0 bridgehead atoms. The van der Waals surface area contributed by atoms with Gasteiger partial charge in [0.15, 0.2) is 0 Å². The van der Waals surface area contributed by atoms with Crippen LogP contribution in [-0.2, 0) is 4.79 Å². The molecule has 1 aromatic carbocycles. The van der Waals surface area contributed by atoms with Crippen molar-refractivity contribution in [2.75, 3.05) is 5.32 Å². The Balaban J connectivity index is 2.02. The van der Waals surface area contributed by atoms with Crippen LogP contribution >= 0.6 is 15.9 Å². The fourth-order valence-corrected chi connectivity index (χ4v) is 1.59. The van der Waals surface area contributed by atoms with E-state index in [4.69, 9.17) is 10.00 Å². The van der Waals surface area contributed by atoms with E-state index in [9.17, 15) is 4.79 Å². The minimum atomic E-state index is -0.283. The van der Waals surface area contributed by atoms with Crippen LogP contribution in [0.5, 0.6) is 11.5 Å². The molecule has 5 nitrogen and oxygen atoms in total. The number of alkyl halides is 1. The number of anilines is 1. The number of hydrogen-bond acceptors (Lipinski definition) is 4. The second-order valence-corrected chi connectivity index (χ2v) is 5.60. The van der Waals surface area contributed by atoms with Gasteiger partial charge >= 0.3 is 0 Å². The summed E-state index contributed by atoms with van der Waals surface area (Å²) in [5, 5.41) is 11.4. The van der Waals surface area contributed by atoms with Gasteiger partial charge in [0.05, 0.1) is 22.7 Å². The summed E-state index contributed by atoms with van der Waals surface area (Å²) in [6.07, 6.45) is 1.52. The predicted octanol–water partition coefficient (Wildman–Crippen LogP) is 3.47. The van der Waals surface area contributed by atoms with Crippen molar-refractivity contribution in [3.63, 3.8) is 0 Å². The first-order chi connectivity index (χ1) is 10.1. The molecular formula is C15H12BrN3O2. The quantitative estimate of drug-likeness (QED) is 0.861. The van der Waals surface area contributed by atoms with E-state index in [1.54, 1.807) is 43.3 Å². The van der Waals surface area contributed by atoms with Gasteiger partial charge in [0.25, 0.3) is 0 Å². The van der Waals surface area contributed by atoms with Crippen molar-refractivity contribution < 1.29 is 9.53 Å². The van der Waals surface area contributed by atoms with E-state index < -0.39 is 0 Å². The van der Waals surface area contributed by atoms with Crippen LogP contribution < -0.4 is 10.1 Å². The molecule has 0 saturated carbocycles. The van der Waals surface area contributed by atoms with Crippen molar-refractivity contribution in [2.24, 2.45) is 0 Å². The summed E-state index contributed by atoms with van der Waals surface area (Å²) in [6, 6.07) is 12.2. The van der Waals surface area contributed by atoms with Crippen LogP contribution in [0.25, 0.3) is 0 Å². The van der Waals surface area contributed by atoms with E-state index >= 15 is 0 Å². The predicted molar refractivity (Wildman–Crippen MR) is 82.5 cm³/mol. The molecule has 21 heavy (non-hydrogen) atoms. The third-order valence-electron chi connectivity index (χ3n) is 2.57. The first-order valence-electron chi connectivity index (χ1n) is 6.17. The van der Waals surface area contributed by atoms with E-state index in [0.29, 0.717) is 22.9 Å². The molecule has 1 aromatic heterocycles. The molecule has 0 aliphatic heterocycles. The summed E-state index contributed by atoms with van der Waals surface area (Å²) in [5.74, 6) is 1.45. The monoisotopic (exact) mass is 345 g/mol. The lowest BCUT2D eigenvalue weighted by Gasteiger charge is -2.08. The Labute approximate surface area is 130 Å². The Kier molecular flexibility index (Phi) is 4.90. The smallest absolute Gasteiger partial charge is 0.239 e. The molecule has 2 aromatic rings. The zero-order valence-corrected chi connectivity index (χ0v) is 12.8. The topological polar surface area (TPSA) is 75.0 Å². The lowest BCUT2D eigenvalue weighted by Crippen LogP contribution is -2.20. The number of nitriles is 1. The molecule has 0 spiro atoms. The average Bonchev–Trinajstić information content (AvgIpc) is 2.50. The average molecular weight is 346 g/mol. The number of nitrogens with zero attached hydrogens (tertiary/aromatic N) is 2. The fraction of sp³-hybridized carbons (Fsp3) is 0.133. The number of nitrogens with one attached hydrogen (secondary N) is 1. The maximum atomic E-state index is 11.5. The van der Waals surface area contributed by atoms with Crippen molar-refractivity contribution >= 4 is 27.7 Å². The van der Waals surface area contributed by atoms with E-state index in [0.717, 1.165) is 0 Å². The zero-order valence-electron chi connectivity index (χ0n) is 11.2. The lowest BCUT2D eigenvalue weighted by molar-refractivity contribution is -0.115. The maximum Gasteiger partial charge on any atom is 0.239 e. The summed E-state index contributed by atoms with van der Waals surface area (Å²) >= 11 is 3.18. The number of rotatable bonds is 4. The van der Waals surface area contributed by atoms with Crippen LogP contribution in [0.4, 0.5) is 5.82 Å².